The number of rotatable bonds is 8. The Kier molecular flexibility index (Phi) is 6.20. The molecule has 1 saturated heterocycles. The number of benzene rings is 1. The number of thioether (sulfide) groups is 1. The van der Waals surface area contributed by atoms with Gasteiger partial charge in [-0.3, -0.25) is 4.57 Å². The molecule has 142 valence electrons. The van der Waals surface area contributed by atoms with Gasteiger partial charge in [0.05, 0.1) is 18.6 Å². The molecule has 2 aromatic rings. The van der Waals surface area contributed by atoms with Crippen LogP contribution in [0.4, 0.5) is 0 Å². The fraction of sp³-hybridized carbons (Fsp3) is 0.529. The molecule has 0 saturated carbocycles. The van der Waals surface area contributed by atoms with Crippen molar-refractivity contribution >= 4 is 21.6 Å². The summed E-state index contributed by atoms with van der Waals surface area (Å²) in [6.07, 6.45) is 2.28. The lowest BCUT2D eigenvalue weighted by molar-refractivity contribution is 0.414. The van der Waals surface area contributed by atoms with Gasteiger partial charge in [0.1, 0.15) is 11.6 Å². The molecule has 0 spiro atoms. The molecule has 2 heterocycles. The van der Waals surface area contributed by atoms with Crippen molar-refractivity contribution in [2.75, 3.05) is 30.9 Å². The summed E-state index contributed by atoms with van der Waals surface area (Å²) < 4.78 is 30.4. The molecule has 0 unspecified atom stereocenters. The molecule has 1 atom stereocenters. The predicted molar refractivity (Wildman–Crippen MR) is 103 cm³/mol. The molecule has 1 fully saturated rings. The molecule has 9 heteroatoms. The van der Waals surface area contributed by atoms with E-state index in [2.05, 4.69) is 10.2 Å². The Morgan fingerprint density at radius 1 is 1.31 bits per heavy atom. The lowest BCUT2D eigenvalue weighted by atomic mass is 10.1. The molecule has 1 aliphatic heterocycles. The highest BCUT2D eigenvalue weighted by Gasteiger charge is 2.27. The summed E-state index contributed by atoms with van der Waals surface area (Å²) in [5, 5.41) is 9.41. The molecular formula is C17H24N4O3S2. The monoisotopic (exact) mass is 396 g/mol. The summed E-state index contributed by atoms with van der Waals surface area (Å²) in [5.74, 6) is 3.33. The Labute approximate surface area is 158 Å². The molecule has 1 aliphatic rings. The number of nitrogens with two attached hydrogens (primary N) is 1. The molecule has 3 rings (SSSR count). The lowest BCUT2D eigenvalue weighted by Crippen LogP contribution is -2.10. The van der Waals surface area contributed by atoms with Crippen LogP contribution in [0.2, 0.25) is 0 Å². The number of nitrogens with zero attached hydrogens (tertiary/aromatic N) is 3. The van der Waals surface area contributed by atoms with Gasteiger partial charge in [0, 0.05) is 17.9 Å². The predicted octanol–water partition coefficient (Wildman–Crippen LogP) is 1.69. The van der Waals surface area contributed by atoms with Gasteiger partial charge in [-0.15, -0.1) is 10.2 Å². The van der Waals surface area contributed by atoms with Gasteiger partial charge in [0.2, 0.25) is 0 Å². The van der Waals surface area contributed by atoms with Crippen LogP contribution in [0.1, 0.15) is 18.7 Å². The lowest BCUT2D eigenvalue weighted by Gasteiger charge is -2.11. The normalized spacial score (nSPS) is 18.9. The SMILES string of the molecule is COc1ccc(-n2c(CCN)nnc2SCC[C@H]2CCS(=O)(=O)C2)cc1. The smallest absolute Gasteiger partial charge is 0.195 e. The first-order chi connectivity index (χ1) is 12.5. The average Bonchev–Trinajstić information content (AvgIpc) is 3.18. The van der Waals surface area contributed by atoms with Crippen LogP contribution in [0, 0.1) is 5.92 Å². The van der Waals surface area contributed by atoms with E-state index in [1.165, 1.54) is 0 Å². The van der Waals surface area contributed by atoms with Crippen molar-refractivity contribution in [2.24, 2.45) is 11.7 Å². The quantitative estimate of drug-likeness (QED) is 0.678. The summed E-state index contributed by atoms with van der Waals surface area (Å²) in [5.41, 5.74) is 6.67. The van der Waals surface area contributed by atoms with E-state index in [0.717, 1.165) is 41.0 Å². The first kappa shape index (κ1) is 19.2. The molecule has 0 radical (unpaired) electrons. The van der Waals surface area contributed by atoms with E-state index in [4.69, 9.17) is 10.5 Å². The first-order valence-corrected chi connectivity index (χ1v) is 11.4. The zero-order chi connectivity index (χ0) is 18.6. The van der Waals surface area contributed by atoms with Crippen LogP contribution in [-0.2, 0) is 16.3 Å². The second-order valence-electron chi connectivity index (χ2n) is 6.38. The fourth-order valence-electron chi connectivity index (χ4n) is 3.09. The van der Waals surface area contributed by atoms with Crippen LogP contribution in [0.15, 0.2) is 29.4 Å². The van der Waals surface area contributed by atoms with Crippen LogP contribution in [0.3, 0.4) is 0 Å². The number of hydrogen-bond acceptors (Lipinski definition) is 7. The Hall–Kier alpha value is -1.58. The highest BCUT2D eigenvalue weighted by molar-refractivity contribution is 7.99. The van der Waals surface area contributed by atoms with Gasteiger partial charge in [0.25, 0.3) is 0 Å². The Morgan fingerprint density at radius 2 is 2.08 bits per heavy atom. The van der Waals surface area contributed by atoms with Gasteiger partial charge in [0.15, 0.2) is 15.0 Å². The highest BCUT2D eigenvalue weighted by Crippen LogP contribution is 2.28. The summed E-state index contributed by atoms with van der Waals surface area (Å²) in [6, 6.07) is 7.74. The van der Waals surface area contributed by atoms with E-state index in [1.54, 1.807) is 18.9 Å². The number of hydrogen-bond donors (Lipinski definition) is 1. The highest BCUT2D eigenvalue weighted by atomic mass is 32.2. The largest absolute Gasteiger partial charge is 0.497 e. The minimum absolute atomic E-state index is 0.258. The minimum atomic E-state index is -2.82. The molecule has 2 N–H and O–H groups in total. The van der Waals surface area contributed by atoms with E-state index >= 15 is 0 Å². The fourth-order valence-corrected chi connectivity index (χ4v) is 6.07. The third-order valence-electron chi connectivity index (χ3n) is 4.48. The molecule has 26 heavy (non-hydrogen) atoms. The summed E-state index contributed by atoms with van der Waals surface area (Å²) in [6.45, 7) is 0.499. The average molecular weight is 397 g/mol. The second-order valence-corrected chi connectivity index (χ2v) is 9.67. The van der Waals surface area contributed by atoms with Crippen LogP contribution < -0.4 is 10.5 Å². The molecule has 0 bridgehead atoms. The van der Waals surface area contributed by atoms with Crippen molar-refractivity contribution in [2.45, 2.75) is 24.4 Å². The minimum Gasteiger partial charge on any atom is -0.497 e. The molecule has 1 aromatic heterocycles. The van der Waals surface area contributed by atoms with Crippen LogP contribution in [0.25, 0.3) is 5.69 Å². The number of aromatic nitrogens is 3. The van der Waals surface area contributed by atoms with Gasteiger partial charge in [-0.2, -0.15) is 0 Å². The van der Waals surface area contributed by atoms with Gasteiger partial charge in [-0.25, -0.2) is 8.42 Å². The number of ether oxygens (including phenoxy) is 1. The third kappa shape index (κ3) is 4.57. The summed E-state index contributed by atoms with van der Waals surface area (Å²) >= 11 is 1.61. The van der Waals surface area contributed by atoms with Crippen molar-refractivity contribution in [3.63, 3.8) is 0 Å². The Balaban J connectivity index is 1.72. The first-order valence-electron chi connectivity index (χ1n) is 8.64. The van der Waals surface area contributed by atoms with E-state index in [9.17, 15) is 8.42 Å². The van der Waals surface area contributed by atoms with Gasteiger partial charge < -0.3 is 10.5 Å². The van der Waals surface area contributed by atoms with Gasteiger partial charge in [-0.05, 0) is 49.6 Å². The van der Waals surface area contributed by atoms with Crippen LogP contribution in [-0.4, -0.2) is 54.1 Å². The van der Waals surface area contributed by atoms with E-state index in [-0.39, 0.29) is 5.92 Å². The van der Waals surface area contributed by atoms with Crippen molar-refractivity contribution < 1.29 is 13.2 Å². The van der Waals surface area contributed by atoms with Crippen molar-refractivity contribution in [3.05, 3.63) is 30.1 Å². The van der Waals surface area contributed by atoms with Crippen molar-refractivity contribution in [1.82, 2.24) is 14.8 Å². The van der Waals surface area contributed by atoms with Crippen molar-refractivity contribution in [3.8, 4) is 11.4 Å². The Morgan fingerprint density at radius 3 is 2.69 bits per heavy atom. The van der Waals surface area contributed by atoms with Gasteiger partial charge in [-0.1, -0.05) is 11.8 Å². The van der Waals surface area contributed by atoms with Gasteiger partial charge >= 0.3 is 0 Å². The second kappa shape index (κ2) is 8.41. The van der Waals surface area contributed by atoms with Crippen LogP contribution >= 0.6 is 11.8 Å². The topological polar surface area (TPSA) is 100 Å². The van der Waals surface area contributed by atoms with Crippen LogP contribution in [0.5, 0.6) is 5.75 Å². The number of sulfone groups is 1. The van der Waals surface area contributed by atoms with E-state index in [1.807, 2.05) is 28.8 Å². The summed E-state index contributed by atoms with van der Waals surface area (Å²) in [4.78, 5) is 0. The van der Waals surface area contributed by atoms with E-state index in [0.29, 0.717) is 24.5 Å². The Bertz CT molecular complexity index is 834. The molecular weight excluding hydrogens is 372 g/mol. The van der Waals surface area contributed by atoms with E-state index < -0.39 is 9.84 Å². The summed E-state index contributed by atoms with van der Waals surface area (Å²) in [7, 11) is -1.18. The molecule has 0 amide bonds. The molecule has 0 aliphatic carbocycles. The third-order valence-corrected chi connectivity index (χ3v) is 7.28. The maximum absolute atomic E-state index is 11.6. The zero-order valence-electron chi connectivity index (χ0n) is 14.8. The maximum atomic E-state index is 11.6. The molecule has 7 nitrogen and oxygen atoms in total. The standard InChI is InChI=1S/C17H24N4O3S2/c1-24-15-4-2-14(3-5-15)21-16(6-9-18)19-20-17(21)25-10-7-13-8-11-26(22,23)12-13/h2-5,13H,6-12,18H2,1H3/t13-/m0/s1. The number of methoxy groups -OCH3 is 1. The van der Waals surface area contributed by atoms with Crippen molar-refractivity contribution in [1.29, 1.82) is 0 Å². The zero-order valence-corrected chi connectivity index (χ0v) is 16.4. The maximum Gasteiger partial charge on any atom is 0.195 e. The molecule has 1 aromatic carbocycles.